The van der Waals surface area contributed by atoms with Gasteiger partial charge in [-0.15, -0.1) is 0 Å². The predicted octanol–water partition coefficient (Wildman–Crippen LogP) is -0.829. The maximum Gasteiger partial charge on any atom is 0.0162 e. The molecule has 0 aromatic carbocycles. The highest BCUT2D eigenvalue weighted by atomic mass is 15.2. The Morgan fingerprint density at radius 2 is 1.93 bits per heavy atom. The summed E-state index contributed by atoms with van der Waals surface area (Å²) in [5.74, 6) is 0. The van der Waals surface area contributed by atoms with Crippen LogP contribution in [-0.2, 0) is 0 Å². The second-order valence-electron chi connectivity index (χ2n) is 4.24. The lowest BCUT2D eigenvalue weighted by Crippen LogP contribution is -2.47. The highest BCUT2D eigenvalue weighted by Gasteiger charge is 2.12. The van der Waals surface area contributed by atoms with Gasteiger partial charge in [0, 0.05) is 51.9 Å². The first-order chi connectivity index (χ1) is 6.72. The first-order valence-corrected chi connectivity index (χ1v) is 5.56. The van der Waals surface area contributed by atoms with E-state index in [4.69, 9.17) is 5.73 Å². The number of hydrogen-bond donors (Lipinski definition) is 2. The summed E-state index contributed by atoms with van der Waals surface area (Å²) in [5, 5.41) is 3.41. The molecule has 0 bridgehead atoms. The molecule has 1 fully saturated rings. The van der Waals surface area contributed by atoms with Crippen LogP contribution in [0.15, 0.2) is 0 Å². The van der Waals surface area contributed by atoms with Gasteiger partial charge in [0.2, 0.25) is 0 Å². The van der Waals surface area contributed by atoms with E-state index in [0.717, 1.165) is 19.6 Å². The van der Waals surface area contributed by atoms with Crippen LogP contribution >= 0.6 is 0 Å². The van der Waals surface area contributed by atoms with E-state index in [1.165, 1.54) is 26.2 Å². The van der Waals surface area contributed by atoms with Gasteiger partial charge >= 0.3 is 0 Å². The number of nitrogens with two attached hydrogens (primary N) is 1. The minimum atomic E-state index is 0.447. The fourth-order valence-electron chi connectivity index (χ4n) is 1.62. The number of rotatable bonds is 5. The predicted molar refractivity (Wildman–Crippen MR) is 60.5 cm³/mol. The summed E-state index contributed by atoms with van der Waals surface area (Å²) in [6.07, 6.45) is 0. The summed E-state index contributed by atoms with van der Waals surface area (Å²) in [5.41, 5.74) is 5.53. The Balaban J connectivity index is 2.02. The monoisotopic (exact) mass is 200 g/mol. The van der Waals surface area contributed by atoms with Crippen molar-refractivity contribution in [2.24, 2.45) is 5.73 Å². The lowest BCUT2D eigenvalue weighted by atomic mass is 10.3. The summed E-state index contributed by atoms with van der Waals surface area (Å²) in [6, 6.07) is 0.447. The first-order valence-electron chi connectivity index (χ1n) is 5.56. The lowest BCUT2D eigenvalue weighted by Gasteiger charge is -2.32. The summed E-state index contributed by atoms with van der Waals surface area (Å²) < 4.78 is 0. The first kappa shape index (κ1) is 11.9. The van der Waals surface area contributed by atoms with Crippen molar-refractivity contribution >= 4 is 0 Å². The third-order valence-corrected chi connectivity index (χ3v) is 2.87. The highest BCUT2D eigenvalue weighted by Crippen LogP contribution is 1.97. The van der Waals surface area contributed by atoms with E-state index in [1.54, 1.807) is 0 Å². The SMILES string of the molecule is CC(CN)NCCN1CCN(C)CC1. The lowest BCUT2D eigenvalue weighted by molar-refractivity contribution is 0.154. The van der Waals surface area contributed by atoms with Crippen LogP contribution in [0.3, 0.4) is 0 Å². The number of hydrogen-bond acceptors (Lipinski definition) is 4. The molecule has 0 aromatic heterocycles. The molecule has 1 saturated heterocycles. The van der Waals surface area contributed by atoms with Crippen molar-refractivity contribution in [3.63, 3.8) is 0 Å². The third kappa shape index (κ3) is 4.37. The Labute approximate surface area is 87.4 Å². The van der Waals surface area contributed by atoms with E-state index in [0.29, 0.717) is 6.04 Å². The van der Waals surface area contributed by atoms with Crippen LogP contribution in [0, 0.1) is 0 Å². The Kier molecular flexibility index (Phi) is 5.40. The van der Waals surface area contributed by atoms with Gasteiger partial charge in [-0.25, -0.2) is 0 Å². The van der Waals surface area contributed by atoms with E-state index in [1.807, 2.05) is 0 Å². The van der Waals surface area contributed by atoms with E-state index < -0.39 is 0 Å². The highest BCUT2D eigenvalue weighted by molar-refractivity contribution is 4.70. The zero-order chi connectivity index (χ0) is 10.4. The third-order valence-electron chi connectivity index (χ3n) is 2.87. The number of nitrogens with zero attached hydrogens (tertiary/aromatic N) is 2. The molecule has 1 aliphatic heterocycles. The van der Waals surface area contributed by atoms with Crippen LogP contribution in [0.25, 0.3) is 0 Å². The number of piperazine rings is 1. The molecule has 1 atom stereocenters. The van der Waals surface area contributed by atoms with Crippen molar-refractivity contribution in [2.75, 3.05) is 52.9 Å². The Morgan fingerprint density at radius 3 is 2.50 bits per heavy atom. The largest absolute Gasteiger partial charge is 0.329 e. The standard InChI is InChI=1S/C10H24N4/c1-10(9-11)12-3-4-14-7-5-13(2)6-8-14/h10,12H,3-9,11H2,1-2H3. The van der Waals surface area contributed by atoms with Gasteiger partial charge in [0.25, 0.3) is 0 Å². The summed E-state index contributed by atoms with van der Waals surface area (Å²) in [7, 11) is 2.19. The fourth-order valence-corrected chi connectivity index (χ4v) is 1.62. The quantitative estimate of drug-likeness (QED) is 0.608. The van der Waals surface area contributed by atoms with Gasteiger partial charge in [0.15, 0.2) is 0 Å². The fraction of sp³-hybridized carbons (Fsp3) is 1.00. The molecule has 1 heterocycles. The van der Waals surface area contributed by atoms with Crippen LogP contribution in [0.4, 0.5) is 0 Å². The average molecular weight is 200 g/mol. The van der Waals surface area contributed by atoms with Crippen molar-refractivity contribution in [1.82, 2.24) is 15.1 Å². The van der Waals surface area contributed by atoms with Crippen LogP contribution in [0.2, 0.25) is 0 Å². The van der Waals surface area contributed by atoms with Gasteiger partial charge < -0.3 is 16.0 Å². The average Bonchev–Trinajstić information content (AvgIpc) is 2.21. The molecule has 84 valence electrons. The molecule has 0 spiro atoms. The molecule has 14 heavy (non-hydrogen) atoms. The van der Waals surface area contributed by atoms with E-state index in [2.05, 4.69) is 29.1 Å². The van der Waals surface area contributed by atoms with Gasteiger partial charge in [-0.2, -0.15) is 0 Å². The van der Waals surface area contributed by atoms with E-state index in [9.17, 15) is 0 Å². The molecule has 1 rings (SSSR count). The van der Waals surface area contributed by atoms with Crippen molar-refractivity contribution in [1.29, 1.82) is 0 Å². The minimum Gasteiger partial charge on any atom is -0.329 e. The molecular formula is C10H24N4. The zero-order valence-electron chi connectivity index (χ0n) is 9.50. The van der Waals surface area contributed by atoms with Gasteiger partial charge in [-0.1, -0.05) is 0 Å². The van der Waals surface area contributed by atoms with Crippen LogP contribution < -0.4 is 11.1 Å². The summed E-state index contributed by atoms with van der Waals surface area (Å²) in [6.45, 7) is 9.87. The maximum absolute atomic E-state index is 5.53. The Bertz CT molecular complexity index is 143. The molecule has 0 aliphatic carbocycles. The number of likely N-dealkylation sites (N-methyl/N-ethyl adjacent to an activating group) is 1. The van der Waals surface area contributed by atoms with Crippen LogP contribution in [0.5, 0.6) is 0 Å². The molecule has 0 radical (unpaired) electrons. The smallest absolute Gasteiger partial charge is 0.0162 e. The molecule has 1 unspecified atom stereocenters. The van der Waals surface area contributed by atoms with Gasteiger partial charge in [-0.3, -0.25) is 4.90 Å². The zero-order valence-corrected chi connectivity index (χ0v) is 9.50. The molecule has 0 saturated carbocycles. The minimum absolute atomic E-state index is 0.447. The Hall–Kier alpha value is -0.160. The number of nitrogens with one attached hydrogen (secondary N) is 1. The van der Waals surface area contributed by atoms with Crippen LogP contribution in [0.1, 0.15) is 6.92 Å². The van der Waals surface area contributed by atoms with Crippen molar-refractivity contribution < 1.29 is 0 Å². The van der Waals surface area contributed by atoms with Gasteiger partial charge in [0.1, 0.15) is 0 Å². The second-order valence-corrected chi connectivity index (χ2v) is 4.24. The molecule has 3 N–H and O–H groups in total. The molecule has 4 nitrogen and oxygen atoms in total. The summed E-state index contributed by atoms with van der Waals surface area (Å²) >= 11 is 0. The van der Waals surface area contributed by atoms with Gasteiger partial charge in [0.05, 0.1) is 0 Å². The van der Waals surface area contributed by atoms with Crippen molar-refractivity contribution in [3.8, 4) is 0 Å². The van der Waals surface area contributed by atoms with E-state index in [-0.39, 0.29) is 0 Å². The molecule has 1 aliphatic rings. The maximum atomic E-state index is 5.53. The topological polar surface area (TPSA) is 44.5 Å². The summed E-state index contributed by atoms with van der Waals surface area (Å²) in [4.78, 5) is 4.89. The van der Waals surface area contributed by atoms with Crippen molar-refractivity contribution in [2.45, 2.75) is 13.0 Å². The Morgan fingerprint density at radius 1 is 1.29 bits per heavy atom. The normalized spacial score (nSPS) is 22.5. The molecule has 0 amide bonds. The van der Waals surface area contributed by atoms with Gasteiger partial charge in [-0.05, 0) is 14.0 Å². The van der Waals surface area contributed by atoms with E-state index >= 15 is 0 Å². The van der Waals surface area contributed by atoms with Crippen LogP contribution in [-0.4, -0.2) is 68.7 Å². The van der Waals surface area contributed by atoms with Crippen molar-refractivity contribution in [3.05, 3.63) is 0 Å². The molecule has 4 heteroatoms. The molecule has 0 aromatic rings. The second kappa shape index (κ2) is 6.35. The molecular weight excluding hydrogens is 176 g/mol.